The van der Waals surface area contributed by atoms with Crippen LogP contribution < -0.4 is 11.1 Å². The van der Waals surface area contributed by atoms with Gasteiger partial charge in [0.1, 0.15) is 0 Å². The zero-order chi connectivity index (χ0) is 17.3. The minimum Gasteiger partial charge on any atom is -0.369 e. The molecule has 3 N–H and O–H groups in total. The van der Waals surface area contributed by atoms with Gasteiger partial charge in [0.15, 0.2) is 5.96 Å². The van der Waals surface area contributed by atoms with E-state index in [1.54, 1.807) is 0 Å². The number of nitrogens with two attached hydrogens (primary N) is 1. The van der Waals surface area contributed by atoms with Crippen LogP contribution in [-0.4, -0.2) is 29.4 Å². The van der Waals surface area contributed by atoms with Gasteiger partial charge in [0.2, 0.25) is 5.91 Å². The van der Waals surface area contributed by atoms with Crippen molar-refractivity contribution in [3.63, 3.8) is 0 Å². The van der Waals surface area contributed by atoms with E-state index < -0.39 is 0 Å². The summed E-state index contributed by atoms with van der Waals surface area (Å²) in [6.07, 6.45) is 3.44. The van der Waals surface area contributed by atoms with Crippen LogP contribution in [0.4, 0.5) is 5.69 Å². The highest BCUT2D eigenvalue weighted by molar-refractivity contribution is 9.10. The fraction of sp³-hybridized carbons (Fsp3) is 0.333. The predicted molar refractivity (Wildman–Crippen MR) is 99.9 cm³/mol. The van der Waals surface area contributed by atoms with Gasteiger partial charge in [-0.15, -0.1) is 0 Å². The molecule has 1 amide bonds. The molecule has 1 fully saturated rings. The van der Waals surface area contributed by atoms with Crippen molar-refractivity contribution >= 4 is 33.5 Å². The topological polar surface area (TPSA) is 70.7 Å². The quantitative estimate of drug-likeness (QED) is 0.814. The number of hydrogen-bond acceptors (Lipinski definition) is 4. The lowest BCUT2D eigenvalue weighted by Crippen LogP contribution is -2.41. The fourth-order valence-corrected chi connectivity index (χ4v) is 3.26. The van der Waals surface area contributed by atoms with E-state index in [0.29, 0.717) is 25.5 Å². The summed E-state index contributed by atoms with van der Waals surface area (Å²) in [7, 11) is 0. The van der Waals surface area contributed by atoms with Crippen molar-refractivity contribution in [1.29, 1.82) is 0 Å². The lowest BCUT2D eigenvalue weighted by atomic mass is 10.1. The Kier molecular flexibility index (Phi) is 4.76. The molecule has 1 aromatic rings. The zero-order valence-corrected chi connectivity index (χ0v) is 15.3. The Hall–Kier alpha value is -2.08. The van der Waals surface area contributed by atoms with Crippen LogP contribution in [0.15, 0.2) is 51.5 Å². The number of nitrogens with zero attached hydrogens (tertiary/aromatic N) is 2. The van der Waals surface area contributed by atoms with Gasteiger partial charge in [-0.2, -0.15) is 0 Å². The van der Waals surface area contributed by atoms with E-state index in [4.69, 9.17) is 5.73 Å². The number of fused-ring (bicyclic) bond motifs is 1. The lowest BCUT2D eigenvalue weighted by molar-refractivity contribution is -0.121. The minimum atomic E-state index is 0.00786. The van der Waals surface area contributed by atoms with Gasteiger partial charge < -0.3 is 16.0 Å². The summed E-state index contributed by atoms with van der Waals surface area (Å²) >= 11 is 3.47. The molecule has 0 radical (unpaired) electrons. The first kappa shape index (κ1) is 16.8. The van der Waals surface area contributed by atoms with Crippen molar-refractivity contribution in [2.24, 2.45) is 10.7 Å². The third kappa shape index (κ3) is 3.53. The third-order valence-electron chi connectivity index (χ3n) is 4.25. The number of hydrogen-bond donors (Lipinski definition) is 2. The van der Waals surface area contributed by atoms with Crippen LogP contribution in [0.2, 0.25) is 0 Å². The molecule has 3 rings (SSSR count). The number of allylic oxidation sites excluding steroid dienone is 1. The Morgan fingerprint density at radius 3 is 3.12 bits per heavy atom. The second kappa shape index (κ2) is 6.81. The molecular weight excluding hydrogens is 368 g/mol. The van der Waals surface area contributed by atoms with Gasteiger partial charge >= 0.3 is 0 Å². The molecule has 1 saturated carbocycles. The molecule has 126 valence electrons. The first-order valence-electron chi connectivity index (χ1n) is 8.05. The number of aliphatic imine (C=N–C) groups is 1. The molecule has 24 heavy (non-hydrogen) atoms. The standard InChI is InChI=1S/C18H21BrN4O/c1-3-4-14-11(2)17(14)22-16(24)7-8-23-10-12-9-13(19)5-6-15(12)21-18(23)20/h4-6,9,17H,2-3,7-8,10H2,1H3,(H2,20,21)(H,22,24)/b14-4+. The summed E-state index contributed by atoms with van der Waals surface area (Å²) in [5.41, 5.74) is 10.2. The second-order valence-corrected chi connectivity index (χ2v) is 6.92. The second-order valence-electron chi connectivity index (χ2n) is 6.01. The van der Waals surface area contributed by atoms with Crippen LogP contribution in [-0.2, 0) is 11.3 Å². The highest BCUT2D eigenvalue weighted by Gasteiger charge is 2.36. The maximum Gasteiger partial charge on any atom is 0.222 e. The van der Waals surface area contributed by atoms with E-state index in [0.717, 1.165) is 33.3 Å². The molecule has 1 unspecified atom stereocenters. The summed E-state index contributed by atoms with van der Waals surface area (Å²) in [5, 5.41) is 3.00. The molecule has 1 aliphatic heterocycles. The van der Waals surface area contributed by atoms with Gasteiger partial charge in [0.05, 0.1) is 11.7 Å². The van der Waals surface area contributed by atoms with E-state index in [-0.39, 0.29) is 11.9 Å². The van der Waals surface area contributed by atoms with Gasteiger partial charge in [-0.25, -0.2) is 4.99 Å². The number of amides is 1. The van der Waals surface area contributed by atoms with Crippen molar-refractivity contribution in [2.45, 2.75) is 32.4 Å². The maximum absolute atomic E-state index is 12.1. The summed E-state index contributed by atoms with van der Waals surface area (Å²) in [6.45, 7) is 7.24. The van der Waals surface area contributed by atoms with Gasteiger partial charge in [-0.05, 0) is 41.3 Å². The fourth-order valence-electron chi connectivity index (χ4n) is 2.85. The molecule has 0 saturated heterocycles. The number of carbonyl (C=O) groups is 1. The molecule has 1 heterocycles. The zero-order valence-electron chi connectivity index (χ0n) is 13.7. The van der Waals surface area contributed by atoms with Crippen LogP contribution in [0, 0.1) is 0 Å². The number of guanidine groups is 1. The largest absolute Gasteiger partial charge is 0.369 e. The number of benzene rings is 1. The van der Waals surface area contributed by atoms with Gasteiger partial charge in [-0.1, -0.05) is 35.5 Å². The van der Waals surface area contributed by atoms with Crippen LogP contribution >= 0.6 is 15.9 Å². The molecule has 1 aromatic carbocycles. The minimum absolute atomic E-state index is 0.00786. The molecule has 0 bridgehead atoms. The molecule has 1 atom stereocenters. The summed E-state index contributed by atoms with van der Waals surface area (Å²) in [6, 6.07) is 5.95. The van der Waals surface area contributed by atoms with Crippen molar-refractivity contribution in [3.8, 4) is 0 Å². The van der Waals surface area contributed by atoms with Gasteiger partial charge in [0.25, 0.3) is 0 Å². The van der Waals surface area contributed by atoms with Crippen LogP contribution in [0.25, 0.3) is 0 Å². The monoisotopic (exact) mass is 388 g/mol. The predicted octanol–water partition coefficient (Wildman–Crippen LogP) is 2.99. The van der Waals surface area contributed by atoms with Crippen LogP contribution in [0.5, 0.6) is 0 Å². The summed E-state index contributed by atoms with van der Waals surface area (Å²) in [4.78, 5) is 18.5. The molecule has 0 aromatic heterocycles. The Labute approximate surface area is 150 Å². The van der Waals surface area contributed by atoms with E-state index in [2.05, 4.69) is 45.8 Å². The Balaban J connectivity index is 1.55. The highest BCUT2D eigenvalue weighted by atomic mass is 79.9. The molecule has 2 aliphatic rings. The molecular formula is C18H21BrN4O. The van der Waals surface area contributed by atoms with Crippen LogP contribution in [0.3, 0.4) is 0 Å². The summed E-state index contributed by atoms with van der Waals surface area (Å²) < 4.78 is 1.01. The first-order valence-corrected chi connectivity index (χ1v) is 8.85. The number of carbonyl (C=O) groups excluding carboxylic acids is 1. The normalized spacial score (nSPS) is 20.7. The van der Waals surface area contributed by atoms with E-state index in [1.165, 1.54) is 0 Å². The Morgan fingerprint density at radius 2 is 2.38 bits per heavy atom. The molecule has 0 spiro atoms. The van der Waals surface area contributed by atoms with E-state index >= 15 is 0 Å². The van der Waals surface area contributed by atoms with Crippen molar-refractivity contribution < 1.29 is 4.79 Å². The molecule has 6 heteroatoms. The Morgan fingerprint density at radius 1 is 1.58 bits per heavy atom. The highest BCUT2D eigenvalue weighted by Crippen LogP contribution is 2.36. The first-order chi connectivity index (χ1) is 11.5. The van der Waals surface area contributed by atoms with Crippen molar-refractivity contribution in [2.75, 3.05) is 6.54 Å². The third-order valence-corrected chi connectivity index (χ3v) is 4.74. The van der Waals surface area contributed by atoms with Crippen molar-refractivity contribution in [1.82, 2.24) is 10.2 Å². The average Bonchev–Trinajstić information content (AvgIpc) is 3.14. The van der Waals surface area contributed by atoms with Gasteiger partial charge in [0, 0.05) is 24.0 Å². The Bertz CT molecular complexity index is 753. The number of rotatable bonds is 5. The number of halogens is 1. The smallest absolute Gasteiger partial charge is 0.222 e. The van der Waals surface area contributed by atoms with E-state index in [9.17, 15) is 4.79 Å². The SMILES string of the molecule is C=C1/C(=C\CC)C1NC(=O)CCN1Cc2cc(Br)ccc2N=C1N. The lowest BCUT2D eigenvalue weighted by Gasteiger charge is -2.28. The van der Waals surface area contributed by atoms with Crippen molar-refractivity contribution in [3.05, 3.63) is 52.0 Å². The maximum atomic E-state index is 12.1. The number of nitrogens with one attached hydrogen (secondary N) is 1. The summed E-state index contributed by atoms with van der Waals surface area (Å²) in [5.74, 6) is 0.466. The molecule has 1 aliphatic carbocycles. The van der Waals surface area contributed by atoms with Crippen LogP contribution in [0.1, 0.15) is 25.3 Å². The average molecular weight is 389 g/mol. The van der Waals surface area contributed by atoms with E-state index in [1.807, 2.05) is 23.1 Å². The molecule has 5 nitrogen and oxygen atoms in total. The van der Waals surface area contributed by atoms with Gasteiger partial charge in [-0.3, -0.25) is 4.79 Å².